The number of aliphatic hydroxyl groups is 1. The summed E-state index contributed by atoms with van der Waals surface area (Å²) in [5.41, 5.74) is -1.53. The lowest BCUT2D eigenvalue weighted by atomic mass is 9.32. The SMILES string of the molecule is C[C@]12CC[C@H]3[C@@]4(C=C[C@@]5(C=C4C(=O)c4ccc(F)c(F)c4)C[C@@H](O)CC[C@]35C)[C@@H]1CC[C@@]21CN(C[C@H]2CCCO2)C(=O)O1. The first-order chi connectivity index (χ1) is 20.5. The van der Waals surface area contributed by atoms with E-state index in [-0.39, 0.29) is 46.2 Å². The highest BCUT2D eigenvalue weighted by Gasteiger charge is 2.76. The molecule has 9 rings (SSSR count). The van der Waals surface area contributed by atoms with E-state index in [1.165, 1.54) is 6.07 Å². The number of ketones is 1. The van der Waals surface area contributed by atoms with E-state index >= 15 is 0 Å². The summed E-state index contributed by atoms with van der Waals surface area (Å²) in [7, 11) is 0. The van der Waals surface area contributed by atoms with E-state index in [0.29, 0.717) is 25.1 Å². The number of rotatable bonds is 4. The second-order valence-electron chi connectivity index (χ2n) is 15.1. The lowest BCUT2D eigenvalue weighted by molar-refractivity contribution is -0.164. The topological polar surface area (TPSA) is 76.1 Å². The minimum Gasteiger partial charge on any atom is -0.440 e. The third-order valence-electron chi connectivity index (χ3n) is 13.5. The van der Waals surface area contributed by atoms with Crippen molar-refractivity contribution in [2.24, 2.45) is 33.5 Å². The highest BCUT2D eigenvalue weighted by atomic mass is 19.2. The molecule has 1 amide bonds. The van der Waals surface area contributed by atoms with Gasteiger partial charge >= 0.3 is 6.09 Å². The molecule has 9 atom stereocenters. The van der Waals surface area contributed by atoms with Crippen LogP contribution in [0.2, 0.25) is 0 Å². The molecule has 43 heavy (non-hydrogen) atoms. The fourth-order valence-corrected chi connectivity index (χ4v) is 11.4. The largest absolute Gasteiger partial charge is 0.440 e. The van der Waals surface area contributed by atoms with E-state index in [1.54, 1.807) is 0 Å². The maximum atomic E-state index is 14.5. The Hall–Kier alpha value is -2.58. The van der Waals surface area contributed by atoms with Crippen LogP contribution in [0.4, 0.5) is 13.6 Å². The molecule has 230 valence electrons. The van der Waals surface area contributed by atoms with Crippen LogP contribution >= 0.6 is 0 Å². The zero-order valence-corrected chi connectivity index (χ0v) is 25.0. The van der Waals surface area contributed by atoms with E-state index in [4.69, 9.17) is 9.47 Å². The summed E-state index contributed by atoms with van der Waals surface area (Å²) in [5.74, 6) is -2.13. The smallest absolute Gasteiger partial charge is 0.410 e. The molecule has 1 N–H and O–H groups in total. The fourth-order valence-electron chi connectivity index (χ4n) is 11.4. The van der Waals surface area contributed by atoms with Crippen molar-refractivity contribution in [2.75, 3.05) is 19.7 Å². The Morgan fingerprint density at radius 2 is 1.79 bits per heavy atom. The predicted octanol–water partition coefficient (Wildman–Crippen LogP) is 6.38. The van der Waals surface area contributed by atoms with Gasteiger partial charge in [0.05, 0.1) is 25.3 Å². The molecule has 2 heterocycles. The first-order valence-corrected chi connectivity index (χ1v) is 16.2. The lowest BCUT2D eigenvalue weighted by Crippen LogP contribution is -2.67. The minimum atomic E-state index is -1.04. The molecule has 0 aromatic heterocycles. The molecule has 8 aliphatic rings. The number of hydrogen-bond donors (Lipinski definition) is 1. The van der Waals surface area contributed by atoms with Crippen LogP contribution in [0, 0.1) is 45.1 Å². The lowest BCUT2D eigenvalue weighted by Gasteiger charge is -2.71. The number of Topliss-reactive ketones (excluding diaryl/α,β-unsaturated/α-hetero) is 1. The van der Waals surface area contributed by atoms with Gasteiger partial charge in [-0.3, -0.25) is 4.79 Å². The van der Waals surface area contributed by atoms with E-state index in [1.807, 2.05) is 4.90 Å². The van der Waals surface area contributed by atoms with Gasteiger partial charge < -0.3 is 19.5 Å². The number of hydrogen-bond acceptors (Lipinski definition) is 5. The third kappa shape index (κ3) is 3.45. The van der Waals surface area contributed by atoms with Gasteiger partial charge in [-0.05, 0) is 93.2 Å². The fraction of sp³-hybridized carbons (Fsp3) is 0.657. The summed E-state index contributed by atoms with van der Waals surface area (Å²) >= 11 is 0. The maximum Gasteiger partial charge on any atom is 0.410 e. The number of benzene rings is 1. The highest BCUT2D eigenvalue weighted by Crippen LogP contribution is 2.79. The molecule has 2 bridgehead atoms. The Labute approximate surface area is 251 Å². The van der Waals surface area contributed by atoms with Gasteiger partial charge in [-0.15, -0.1) is 0 Å². The van der Waals surface area contributed by atoms with Gasteiger partial charge in [-0.25, -0.2) is 13.6 Å². The van der Waals surface area contributed by atoms with Crippen molar-refractivity contribution in [3.05, 3.63) is 59.2 Å². The Bertz CT molecular complexity index is 1470. The molecular formula is C35H41F2NO5. The summed E-state index contributed by atoms with van der Waals surface area (Å²) in [6, 6.07) is 3.42. The monoisotopic (exact) mass is 593 g/mol. The molecule has 8 heteroatoms. The van der Waals surface area contributed by atoms with Crippen molar-refractivity contribution in [3.8, 4) is 0 Å². The summed E-state index contributed by atoms with van der Waals surface area (Å²) in [6.07, 6.45) is 13.3. The zero-order valence-electron chi connectivity index (χ0n) is 25.0. The molecule has 3 spiro atoms. The van der Waals surface area contributed by atoms with Gasteiger partial charge in [0.2, 0.25) is 0 Å². The molecule has 2 saturated heterocycles. The van der Waals surface area contributed by atoms with Crippen LogP contribution in [-0.4, -0.2) is 59.4 Å². The third-order valence-corrected chi connectivity index (χ3v) is 13.5. The average molecular weight is 594 g/mol. The quantitative estimate of drug-likeness (QED) is 0.324. The Kier molecular flexibility index (Phi) is 5.84. The molecule has 5 fully saturated rings. The zero-order chi connectivity index (χ0) is 30.0. The number of nitrogens with zero attached hydrogens (tertiary/aromatic N) is 1. The van der Waals surface area contributed by atoms with Crippen molar-refractivity contribution in [3.63, 3.8) is 0 Å². The van der Waals surface area contributed by atoms with Crippen LogP contribution in [0.5, 0.6) is 0 Å². The van der Waals surface area contributed by atoms with Crippen molar-refractivity contribution in [1.82, 2.24) is 4.90 Å². The summed E-state index contributed by atoms with van der Waals surface area (Å²) in [5, 5.41) is 10.9. The number of carbonyl (C=O) groups is 2. The van der Waals surface area contributed by atoms with Crippen LogP contribution in [0.1, 0.15) is 82.0 Å². The number of ether oxygens (including phenoxy) is 2. The minimum absolute atomic E-state index is 0.0213. The Morgan fingerprint density at radius 1 is 1.02 bits per heavy atom. The maximum absolute atomic E-state index is 14.5. The second-order valence-corrected chi connectivity index (χ2v) is 15.1. The molecule has 1 aromatic carbocycles. The number of amides is 1. The van der Waals surface area contributed by atoms with Gasteiger partial charge in [0.15, 0.2) is 17.4 Å². The van der Waals surface area contributed by atoms with Crippen LogP contribution in [0.15, 0.2) is 42.0 Å². The number of halogens is 2. The van der Waals surface area contributed by atoms with E-state index < -0.39 is 34.2 Å². The predicted molar refractivity (Wildman–Crippen MR) is 154 cm³/mol. The number of fused-ring (bicyclic) bond motifs is 2. The second kappa shape index (κ2) is 9.00. The molecule has 2 aliphatic heterocycles. The highest BCUT2D eigenvalue weighted by molar-refractivity contribution is 6.10. The standard InChI is InChI=1S/C35H41F2NO5/c1-31-10-7-22(39)17-33(31)13-14-35(24(18-33)29(40)21-5-6-25(36)26(37)16-21)27(31)8-11-32(2)28(35)9-12-34(32)20-38(30(41)43-34)19-23-4-3-15-42-23/h5-6,13-14,16,18,22-23,27-28,39H,3-4,7-12,15,17,19-20H2,1-2H3/t22-,23+,27+,28+,31+,32-,33-,34+,35-/m0/s1. The van der Waals surface area contributed by atoms with Gasteiger partial charge in [0.25, 0.3) is 0 Å². The van der Waals surface area contributed by atoms with Crippen molar-refractivity contribution >= 4 is 11.9 Å². The summed E-state index contributed by atoms with van der Waals surface area (Å²) < 4.78 is 40.6. The van der Waals surface area contributed by atoms with Gasteiger partial charge in [0.1, 0.15) is 5.60 Å². The average Bonchev–Trinajstić information content (AvgIpc) is 3.68. The summed E-state index contributed by atoms with van der Waals surface area (Å²) in [4.78, 5) is 29.7. The molecule has 3 saturated carbocycles. The van der Waals surface area contributed by atoms with Crippen LogP contribution in [-0.2, 0) is 9.47 Å². The molecule has 1 aromatic rings. The van der Waals surface area contributed by atoms with Gasteiger partial charge in [0, 0.05) is 34.0 Å². The number of carbonyl (C=O) groups excluding carboxylic acids is 2. The van der Waals surface area contributed by atoms with Crippen LogP contribution < -0.4 is 0 Å². The Morgan fingerprint density at radius 3 is 2.56 bits per heavy atom. The first kappa shape index (κ1) is 27.9. The normalized spacial score (nSPS) is 46.0. The molecular weight excluding hydrogens is 552 g/mol. The van der Waals surface area contributed by atoms with Gasteiger partial charge in [-0.2, -0.15) is 0 Å². The van der Waals surface area contributed by atoms with Crippen molar-refractivity contribution in [2.45, 2.75) is 89.4 Å². The van der Waals surface area contributed by atoms with E-state index in [0.717, 1.165) is 70.1 Å². The molecule has 6 nitrogen and oxygen atoms in total. The number of aliphatic hydroxyl groups excluding tert-OH is 1. The Balaban J connectivity index is 1.23. The van der Waals surface area contributed by atoms with Gasteiger partial charge in [-0.1, -0.05) is 32.1 Å². The van der Waals surface area contributed by atoms with Crippen molar-refractivity contribution < 1.29 is 33.0 Å². The molecule has 6 aliphatic carbocycles. The van der Waals surface area contributed by atoms with Crippen molar-refractivity contribution in [1.29, 1.82) is 0 Å². The van der Waals surface area contributed by atoms with E-state index in [2.05, 4.69) is 32.1 Å². The molecule has 0 radical (unpaired) electrons. The molecule has 0 unspecified atom stereocenters. The van der Waals surface area contributed by atoms with E-state index in [9.17, 15) is 23.5 Å². The number of allylic oxidation sites excluding steroid dienone is 4. The van der Waals surface area contributed by atoms with Crippen LogP contribution in [0.25, 0.3) is 0 Å². The van der Waals surface area contributed by atoms with Crippen LogP contribution in [0.3, 0.4) is 0 Å². The first-order valence-electron chi connectivity index (χ1n) is 16.2. The summed E-state index contributed by atoms with van der Waals surface area (Å²) in [6.45, 7) is 6.39.